The summed E-state index contributed by atoms with van der Waals surface area (Å²) in [6.45, 7) is 20.4. The number of halogens is 1. The van der Waals surface area contributed by atoms with Crippen LogP contribution in [0.4, 0.5) is 0 Å². The Morgan fingerprint density at radius 2 is 1.14 bits per heavy atom. The van der Waals surface area contributed by atoms with Crippen molar-refractivity contribution in [1.82, 2.24) is 40.2 Å². The van der Waals surface area contributed by atoms with Crippen molar-refractivity contribution in [2.45, 2.75) is 119 Å². The summed E-state index contributed by atoms with van der Waals surface area (Å²) in [5.74, 6) is -1.42. The number of carbonyl (C=O) groups is 4. The van der Waals surface area contributed by atoms with E-state index in [1.807, 2.05) is 110 Å². The minimum absolute atomic E-state index is 0.0297. The average molecular weight is 1040 g/mol. The molecule has 0 spiro atoms. The molecule has 2 aliphatic rings. The van der Waals surface area contributed by atoms with Crippen LogP contribution >= 0.6 is 11.6 Å². The fourth-order valence-corrected chi connectivity index (χ4v) is 11.2. The van der Waals surface area contributed by atoms with Crippen LogP contribution in [0.1, 0.15) is 137 Å². The number of nitrogens with one attached hydrogen (secondary N) is 1. The summed E-state index contributed by atoms with van der Waals surface area (Å²) in [7, 11) is 1.44. The molecule has 0 saturated heterocycles. The first kappa shape index (κ1) is 54.7. The maximum absolute atomic E-state index is 13.5. The van der Waals surface area contributed by atoms with E-state index in [4.69, 9.17) is 16.3 Å². The van der Waals surface area contributed by atoms with Gasteiger partial charge in [0, 0.05) is 55.7 Å². The Hall–Kier alpha value is -7.55. The van der Waals surface area contributed by atoms with Gasteiger partial charge in [-0.3, -0.25) is 19.2 Å². The molecule has 8 aromatic rings. The number of aromatic nitrogens is 6. The normalized spacial score (nSPS) is 13.6. The van der Waals surface area contributed by atoms with Crippen molar-refractivity contribution in [2.75, 3.05) is 20.2 Å². The fraction of sp³-hybridized carbons (Fsp3) is 0.344. The summed E-state index contributed by atoms with van der Waals surface area (Å²) in [6.07, 6.45) is 2.10. The van der Waals surface area contributed by atoms with Gasteiger partial charge in [0.1, 0.15) is 11.0 Å². The summed E-state index contributed by atoms with van der Waals surface area (Å²) in [4.78, 5) is 50.4. The predicted octanol–water partition coefficient (Wildman–Crippen LogP) is 11.0. The van der Waals surface area contributed by atoms with Gasteiger partial charge in [-0.25, -0.2) is 9.36 Å². The highest BCUT2D eigenvalue weighted by atomic mass is 35.5. The Morgan fingerprint density at radius 1 is 0.645 bits per heavy atom. The number of carbonyl (C=O) groups excluding carboxylic acids is 3. The summed E-state index contributed by atoms with van der Waals surface area (Å²) in [6, 6.07) is 32.6. The third-order valence-electron chi connectivity index (χ3n) is 15.1. The quantitative estimate of drug-likeness (QED) is 0.0880. The molecular formula is C61H67ClN8O6. The first-order chi connectivity index (χ1) is 36.5. The zero-order valence-corrected chi connectivity index (χ0v) is 45.7. The number of nitrogens with zero attached hydrogens (tertiary/aromatic N) is 7. The van der Waals surface area contributed by atoms with Gasteiger partial charge >= 0.3 is 11.9 Å². The molecule has 0 fully saturated rings. The molecule has 14 nitrogen and oxygen atoms in total. The van der Waals surface area contributed by atoms with Crippen molar-refractivity contribution < 1.29 is 29.0 Å². The number of hydrogen-bond acceptors (Lipinski definition) is 10. The van der Waals surface area contributed by atoms with Crippen LogP contribution in [0, 0.1) is 41.5 Å². The van der Waals surface area contributed by atoms with Crippen molar-refractivity contribution in [2.24, 2.45) is 0 Å². The molecular weight excluding hydrogens is 976 g/mol. The van der Waals surface area contributed by atoms with Crippen LogP contribution in [0.3, 0.4) is 0 Å². The lowest BCUT2D eigenvalue weighted by atomic mass is 9.83. The SMILES string of the molecule is CCn1nnc2c(C)c(C(CC(=O)O)c3ccc4c(c3)CN(C(=O)c3c(C)cccc3C)CC4)ccc21.CCn1nnc2c(C)c(C(CC(=O)OC)c3ccc4c(c3)CNCC4)ccc21.Cc1cccc(C)c1C(=O)Cl. The molecule has 0 bridgehead atoms. The van der Waals surface area contributed by atoms with E-state index < -0.39 is 5.97 Å². The zero-order chi connectivity index (χ0) is 54.4. The molecule has 4 heterocycles. The first-order valence-electron chi connectivity index (χ1n) is 26.0. The molecule has 15 heteroatoms. The predicted molar refractivity (Wildman–Crippen MR) is 297 cm³/mol. The van der Waals surface area contributed by atoms with Crippen molar-refractivity contribution in [3.63, 3.8) is 0 Å². The molecule has 2 unspecified atom stereocenters. The molecule has 0 radical (unpaired) electrons. The fourth-order valence-electron chi connectivity index (χ4n) is 10.9. The summed E-state index contributed by atoms with van der Waals surface area (Å²) >= 11 is 5.37. The molecule has 2 aromatic heterocycles. The second-order valence-electron chi connectivity index (χ2n) is 19.9. The Labute approximate surface area is 449 Å². The van der Waals surface area contributed by atoms with Gasteiger partial charge in [-0.1, -0.05) is 95.4 Å². The number of rotatable bonds is 12. The number of amides is 1. The Morgan fingerprint density at radius 3 is 1.63 bits per heavy atom. The number of aliphatic carboxylic acids is 1. The lowest BCUT2D eigenvalue weighted by molar-refractivity contribution is -0.141. The monoisotopic (exact) mass is 1040 g/mol. The molecule has 6 aromatic carbocycles. The zero-order valence-electron chi connectivity index (χ0n) is 45.0. The van der Waals surface area contributed by atoms with Crippen LogP contribution in [0.15, 0.2) is 97.1 Å². The highest BCUT2D eigenvalue weighted by Crippen LogP contribution is 2.37. The molecule has 2 N–H and O–H groups in total. The third-order valence-corrected chi connectivity index (χ3v) is 15.3. The Balaban J connectivity index is 0.000000172. The third kappa shape index (κ3) is 11.6. The largest absolute Gasteiger partial charge is 0.481 e. The minimum Gasteiger partial charge on any atom is -0.481 e. The molecule has 0 saturated carbocycles. The number of esters is 1. The van der Waals surface area contributed by atoms with Crippen molar-refractivity contribution in [1.29, 1.82) is 0 Å². The Bertz CT molecular complexity index is 3450. The van der Waals surface area contributed by atoms with E-state index in [2.05, 4.69) is 82.3 Å². The van der Waals surface area contributed by atoms with Gasteiger partial charge in [0.25, 0.3) is 11.1 Å². The molecule has 1 amide bonds. The average Bonchev–Trinajstić information content (AvgIpc) is 4.05. The number of ether oxygens (including phenoxy) is 1. The Kier molecular flexibility index (Phi) is 17.3. The van der Waals surface area contributed by atoms with Crippen LogP contribution < -0.4 is 5.32 Å². The van der Waals surface area contributed by atoms with Gasteiger partial charge in [-0.2, -0.15) is 0 Å². The van der Waals surface area contributed by atoms with Crippen LogP contribution in [-0.2, 0) is 53.3 Å². The summed E-state index contributed by atoms with van der Waals surface area (Å²) < 4.78 is 8.74. The van der Waals surface area contributed by atoms with Crippen LogP contribution in [-0.4, -0.2) is 83.3 Å². The molecule has 0 aliphatic carbocycles. The number of fused-ring (bicyclic) bond motifs is 4. The number of aryl methyl sites for hydroxylation is 8. The minimum atomic E-state index is -0.855. The lowest BCUT2D eigenvalue weighted by Crippen LogP contribution is -2.36. The highest BCUT2D eigenvalue weighted by molar-refractivity contribution is 6.68. The van der Waals surface area contributed by atoms with E-state index in [-0.39, 0.29) is 35.4 Å². The van der Waals surface area contributed by atoms with Crippen LogP contribution in [0.5, 0.6) is 0 Å². The van der Waals surface area contributed by atoms with Crippen molar-refractivity contribution >= 4 is 56.8 Å². The molecule has 76 heavy (non-hydrogen) atoms. The number of hydrogen-bond donors (Lipinski definition) is 2. The highest BCUT2D eigenvalue weighted by Gasteiger charge is 2.28. The van der Waals surface area contributed by atoms with Crippen molar-refractivity contribution in [3.05, 3.63) is 186 Å². The first-order valence-corrected chi connectivity index (χ1v) is 26.4. The van der Waals surface area contributed by atoms with E-state index in [9.17, 15) is 24.3 Å². The second-order valence-corrected chi connectivity index (χ2v) is 20.2. The molecule has 2 atom stereocenters. The van der Waals surface area contributed by atoms with E-state index in [1.54, 1.807) is 0 Å². The van der Waals surface area contributed by atoms with Gasteiger partial charge in [-0.15, -0.1) is 10.2 Å². The number of benzene rings is 6. The van der Waals surface area contributed by atoms with Gasteiger partial charge < -0.3 is 20.1 Å². The summed E-state index contributed by atoms with van der Waals surface area (Å²) in [5.41, 5.74) is 20.0. The topological polar surface area (TPSA) is 174 Å². The van der Waals surface area contributed by atoms with Gasteiger partial charge in [0.15, 0.2) is 0 Å². The molecule has 2 aliphatic heterocycles. The number of methoxy groups -OCH3 is 1. The number of carboxylic acid groups (broad SMARTS) is 1. The molecule has 10 rings (SSSR count). The summed E-state index contributed by atoms with van der Waals surface area (Å²) in [5, 5.41) is 30.1. The van der Waals surface area contributed by atoms with Crippen LogP contribution in [0.2, 0.25) is 0 Å². The van der Waals surface area contributed by atoms with E-state index in [0.717, 1.165) is 128 Å². The lowest BCUT2D eigenvalue weighted by Gasteiger charge is -2.31. The van der Waals surface area contributed by atoms with Crippen LogP contribution in [0.25, 0.3) is 22.1 Å². The van der Waals surface area contributed by atoms with E-state index >= 15 is 0 Å². The smallest absolute Gasteiger partial charge is 0.306 e. The number of carboxylic acids is 1. The van der Waals surface area contributed by atoms with E-state index in [0.29, 0.717) is 25.1 Å². The van der Waals surface area contributed by atoms with E-state index in [1.165, 1.54) is 23.8 Å². The molecule has 394 valence electrons. The maximum Gasteiger partial charge on any atom is 0.306 e. The van der Waals surface area contributed by atoms with Gasteiger partial charge in [-0.05, 0) is 176 Å². The van der Waals surface area contributed by atoms with Gasteiger partial charge in [0.05, 0.1) is 31.0 Å². The van der Waals surface area contributed by atoms with Crippen molar-refractivity contribution in [3.8, 4) is 0 Å². The second kappa shape index (κ2) is 24.0. The van der Waals surface area contributed by atoms with Gasteiger partial charge in [0.2, 0.25) is 0 Å². The maximum atomic E-state index is 13.5. The standard InChI is InChI=1S/C30H32N4O3.C22H26N4O2.C9H9ClO/c1-5-34-26-12-11-24(20(4)29(26)31-32-34)25(16-27(35)36)22-10-9-21-13-14-33(17-23(21)15-22)30(37)28-18(2)7-6-8-19(28)3;1-4-26-20-8-7-18(14(2)22(20)24-25-26)19(12-21(27)28-3)16-6-5-15-9-10-23-13-17(15)11-16;1-6-4-3-5-7(2)8(6)9(10)11/h6-12,15,25H,5,13-14,16-17H2,1-4H3,(H,35,36);5-8,11,19,23H,4,9-10,12-13H2,1-3H3;3-5H,1-2H3.